The lowest BCUT2D eigenvalue weighted by Crippen LogP contribution is -2.15. The lowest BCUT2D eigenvalue weighted by Gasteiger charge is -2.13. The van der Waals surface area contributed by atoms with Gasteiger partial charge in [0.15, 0.2) is 0 Å². The van der Waals surface area contributed by atoms with Gasteiger partial charge in [-0.15, -0.1) is 0 Å². The predicted octanol–water partition coefficient (Wildman–Crippen LogP) is 5.90. The maximum absolute atomic E-state index is 12.7. The minimum Gasteiger partial charge on any atom is -0.456 e. The van der Waals surface area contributed by atoms with Crippen LogP contribution in [-0.4, -0.2) is 18.0 Å². The van der Waals surface area contributed by atoms with Crippen LogP contribution in [0.5, 0.6) is 11.5 Å². The highest BCUT2D eigenvalue weighted by Crippen LogP contribution is 2.30. The van der Waals surface area contributed by atoms with Gasteiger partial charge >= 0.3 is 0 Å². The second kappa shape index (κ2) is 8.99. The molecule has 0 aliphatic heterocycles. The number of aromatic nitrogens is 1. The van der Waals surface area contributed by atoms with Crippen molar-refractivity contribution in [3.8, 4) is 11.5 Å². The van der Waals surface area contributed by atoms with Gasteiger partial charge < -0.3 is 14.8 Å². The summed E-state index contributed by atoms with van der Waals surface area (Å²) in [4.78, 5) is 17.2. The molecule has 6 heteroatoms. The number of carbonyl (C=O) groups excluding carboxylic acids is 1. The van der Waals surface area contributed by atoms with Crippen molar-refractivity contribution in [2.24, 2.45) is 0 Å². The van der Waals surface area contributed by atoms with E-state index in [-0.39, 0.29) is 12.0 Å². The Bertz CT molecular complexity index is 991. The minimum atomic E-state index is -0.223. The molecule has 2 aromatic carbocycles. The SMILES string of the molecule is COC(C)c1ccc(C(=O)Nc2cccc(Oc3ccccc3Br)c2)c(C)n1. The molecule has 1 N–H and O–H groups in total. The molecule has 0 fully saturated rings. The van der Waals surface area contributed by atoms with Gasteiger partial charge in [-0.2, -0.15) is 0 Å². The van der Waals surface area contributed by atoms with Crippen LogP contribution in [0.2, 0.25) is 0 Å². The molecule has 28 heavy (non-hydrogen) atoms. The van der Waals surface area contributed by atoms with Crippen molar-refractivity contribution in [2.45, 2.75) is 20.0 Å². The summed E-state index contributed by atoms with van der Waals surface area (Å²) in [5.74, 6) is 1.11. The number of para-hydroxylation sites is 1. The number of methoxy groups -OCH3 is 1. The molecular weight excluding hydrogens is 420 g/mol. The molecule has 1 atom stereocenters. The van der Waals surface area contributed by atoms with Crippen LogP contribution in [0, 0.1) is 6.92 Å². The van der Waals surface area contributed by atoms with E-state index in [0.717, 1.165) is 10.2 Å². The van der Waals surface area contributed by atoms with Crippen molar-refractivity contribution < 1.29 is 14.3 Å². The zero-order valence-electron chi connectivity index (χ0n) is 15.9. The van der Waals surface area contributed by atoms with Crippen LogP contribution >= 0.6 is 15.9 Å². The first-order valence-corrected chi connectivity index (χ1v) is 9.61. The van der Waals surface area contributed by atoms with Crippen LogP contribution < -0.4 is 10.1 Å². The molecule has 1 unspecified atom stereocenters. The third-order valence-electron chi connectivity index (χ3n) is 4.28. The van der Waals surface area contributed by atoms with Crippen molar-refractivity contribution in [1.29, 1.82) is 0 Å². The number of ether oxygens (including phenoxy) is 2. The zero-order valence-corrected chi connectivity index (χ0v) is 17.5. The van der Waals surface area contributed by atoms with Crippen molar-refractivity contribution in [1.82, 2.24) is 4.98 Å². The van der Waals surface area contributed by atoms with Crippen LogP contribution in [-0.2, 0) is 4.74 Å². The Balaban J connectivity index is 1.75. The molecular formula is C22H21BrN2O3. The second-order valence-corrected chi connectivity index (χ2v) is 7.12. The fourth-order valence-corrected chi connectivity index (χ4v) is 3.02. The number of carbonyl (C=O) groups is 1. The maximum Gasteiger partial charge on any atom is 0.257 e. The van der Waals surface area contributed by atoms with Crippen LogP contribution in [0.4, 0.5) is 5.69 Å². The average molecular weight is 441 g/mol. The molecule has 0 saturated carbocycles. The van der Waals surface area contributed by atoms with Gasteiger partial charge in [-0.05, 0) is 66.2 Å². The van der Waals surface area contributed by atoms with Crippen LogP contribution in [0.3, 0.4) is 0 Å². The highest BCUT2D eigenvalue weighted by atomic mass is 79.9. The maximum atomic E-state index is 12.7. The third kappa shape index (κ3) is 4.77. The standard InChI is InChI=1S/C22H21BrN2O3/c1-14-18(11-12-20(24-14)15(2)27-3)22(26)25-16-7-6-8-17(13-16)28-21-10-5-4-9-19(21)23/h4-13,15H,1-3H3,(H,25,26). The zero-order chi connectivity index (χ0) is 20.1. The number of amides is 1. The first-order valence-electron chi connectivity index (χ1n) is 8.82. The van der Waals surface area contributed by atoms with Gasteiger partial charge in [0.1, 0.15) is 11.5 Å². The number of anilines is 1. The van der Waals surface area contributed by atoms with Crippen molar-refractivity contribution in [2.75, 3.05) is 12.4 Å². The van der Waals surface area contributed by atoms with E-state index in [2.05, 4.69) is 26.2 Å². The topological polar surface area (TPSA) is 60.5 Å². The molecule has 1 aromatic heterocycles. The molecule has 5 nitrogen and oxygen atoms in total. The molecule has 0 saturated heterocycles. The number of nitrogens with zero attached hydrogens (tertiary/aromatic N) is 1. The molecule has 144 valence electrons. The largest absolute Gasteiger partial charge is 0.456 e. The Morgan fingerprint density at radius 2 is 1.89 bits per heavy atom. The van der Waals surface area contributed by atoms with E-state index in [1.807, 2.05) is 62.4 Å². The third-order valence-corrected chi connectivity index (χ3v) is 4.93. The molecule has 0 bridgehead atoms. The number of pyridine rings is 1. The Kier molecular flexibility index (Phi) is 6.44. The predicted molar refractivity (Wildman–Crippen MR) is 113 cm³/mol. The molecule has 0 aliphatic rings. The Hall–Kier alpha value is -2.70. The molecule has 0 radical (unpaired) electrons. The average Bonchev–Trinajstić information content (AvgIpc) is 2.69. The number of aryl methyl sites for hydroxylation is 1. The summed E-state index contributed by atoms with van der Waals surface area (Å²) in [5.41, 5.74) is 2.60. The van der Waals surface area contributed by atoms with Crippen molar-refractivity contribution in [3.63, 3.8) is 0 Å². The molecule has 3 aromatic rings. The summed E-state index contributed by atoms with van der Waals surface area (Å²) < 4.78 is 12.0. The monoisotopic (exact) mass is 440 g/mol. The summed E-state index contributed by atoms with van der Waals surface area (Å²) in [6.45, 7) is 3.73. The highest BCUT2D eigenvalue weighted by molar-refractivity contribution is 9.10. The van der Waals surface area contributed by atoms with Crippen LogP contribution in [0.25, 0.3) is 0 Å². The number of nitrogens with one attached hydrogen (secondary N) is 1. The molecule has 0 aliphatic carbocycles. The quantitative estimate of drug-likeness (QED) is 0.517. The normalized spacial score (nSPS) is 11.7. The van der Waals surface area contributed by atoms with Crippen molar-refractivity contribution in [3.05, 3.63) is 82.1 Å². The summed E-state index contributed by atoms with van der Waals surface area (Å²) >= 11 is 3.46. The smallest absolute Gasteiger partial charge is 0.257 e. The number of rotatable bonds is 6. The van der Waals surface area contributed by atoms with Gasteiger partial charge in [-0.3, -0.25) is 9.78 Å². The van der Waals surface area contributed by atoms with Crippen molar-refractivity contribution >= 4 is 27.5 Å². The molecule has 3 rings (SSSR count). The summed E-state index contributed by atoms with van der Waals surface area (Å²) in [6, 6.07) is 18.4. The number of halogens is 1. The first kappa shape index (κ1) is 20.0. The second-order valence-electron chi connectivity index (χ2n) is 6.26. The van der Waals surface area contributed by atoms with Gasteiger partial charge in [0.25, 0.3) is 5.91 Å². The lowest BCUT2D eigenvalue weighted by atomic mass is 10.1. The van der Waals surface area contributed by atoms with Gasteiger partial charge in [0.05, 0.1) is 27.5 Å². The van der Waals surface area contributed by atoms with E-state index >= 15 is 0 Å². The van der Waals surface area contributed by atoms with Gasteiger partial charge in [-0.1, -0.05) is 18.2 Å². The Morgan fingerprint density at radius 3 is 2.61 bits per heavy atom. The highest BCUT2D eigenvalue weighted by Gasteiger charge is 2.14. The number of benzene rings is 2. The minimum absolute atomic E-state index is 0.123. The lowest BCUT2D eigenvalue weighted by molar-refractivity contribution is 0.102. The molecule has 0 spiro atoms. The Morgan fingerprint density at radius 1 is 1.11 bits per heavy atom. The van der Waals surface area contributed by atoms with E-state index in [0.29, 0.717) is 28.4 Å². The number of hydrogen-bond donors (Lipinski definition) is 1. The van der Waals surface area contributed by atoms with Gasteiger partial charge in [0, 0.05) is 18.9 Å². The van der Waals surface area contributed by atoms with E-state index in [1.54, 1.807) is 19.2 Å². The van der Waals surface area contributed by atoms with Crippen LogP contribution in [0.1, 0.15) is 34.8 Å². The van der Waals surface area contributed by atoms with E-state index in [4.69, 9.17) is 9.47 Å². The fourth-order valence-electron chi connectivity index (χ4n) is 2.66. The first-order chi connectivity index (χ1) is 13.5. The van der Waals surface area contributed by atoms with E-state index < -0.39 is 0 Å². The summed E-state index contributed by atoms with van der Waals surface area (Å²) in [6.07, 6.45) is -0.123. The van der Waals surface area contributed by atoms with E-state index in [1.165, 1.54) is 0 Å². The fraction of sp³-hybridized carbons (Fsp3) is 0.182. The summed E-state index contributed by atoms with van der Waals surface area (Å²) in [7, 11) is 1.63. The van der Waals surface area contributed by atoms with E-state index in [9.17, 15) is 4.79 Å². The molecule has 1 amide bonds. The van der Waals surface area contributed by atoms with Gasteiger partial charge in [0.2, 0.25) is 0 Å². The molecule has 1 heterocycles. The number of hydrogen-bond acceptors (Lipinski definition) is 4. The Labute approximate surface area is 172 Å². The van der Waals surface area contributed by atoms with Gasteiger partial charge in [-0.25, -0.2) is 0 Å². The van der Waals surface area contributed by atoms with Crippen LogP contribution in [0.15, 0.2) is 65.1 Å². The summed E-state index contributed by atoms with van der Waals surface area (Å²) in [5, 5.41) is 2.90.